The summed E-state index contributed by atoms with van der Waals surface area (Å²) in [7, 11) is 0. The molecule has 0 spiro atoms. The largest absolute Gasteiger partial charge is 0.492 e. The minimum absolute atomic E-state index is 0.251. The molecule has 0 unspecified atom stereocenters. The molecule has 0 bridgehead atoms. The summed E-state index contributed by atoms with van der Waals surface area (Å²) in [5.41, 5.74) is 4.74. The molecule has 3 aromatic rings. The second-order valence-corrected chi connectivity index (χ2v) is 9.85. The molecule has 3 amide bonds. The zero-order valence-corrected chi connectivity index (χ0v) is 25.2. The fourth-order valence-electron chi connectivity index (χ4n) is 3.37. The lowest BCUT2D eigenvalue weighted by Gasteiger charge is -2.15. The lowest BCUT2D eigenvalue weighted by atomic mass is 10.2. The number of nitrogens with one attached hydrogen (secondary N) is 3. The number of halogens is 2. The normalized spacial score (nSPS) is 10.6. The van der Waals surface area contributed by atoms with Crippen LogP contribution in [0.25, 0.3) is 0 Å². The van der Waals surface area contributed by atoms with E-state index in [2.05, 4.69) is 53.0 Å². The van der Waals surface area contributed by atoms with E-state index in [4.69, 9.17) is 14.2 Å². The lowest BCUT2D eigenvalue weighted by molar-refractivity contribution is -0.136. The van der Waals surface area contributed by atoms with Crippen molar-refractivity contribution in [2.24, 2.45) is 5.10 Å². The second-order valence-electron chi connectivity index (χ2n) is 8.15. The van der Waals surface area contributed by atoms with Gasteiger partial charge in [0.05, 0.1) is 29.6 Å². The van der Waals surface area contributed by atoms with Crippen molar-refractivity contribution >= 4 is 67.2 Å². The Morgan fingerprint density at radius 3 is 2.30 bits per heavy atom. The van der Waals surface area contributed by atoms with Crippen molar-refractivity contribution in [1.82, 2.24) is 5.43 Å². The molecular formula is C28H28Br2N4O6. The van der Waals surface area contributed by atoms with Gasteiger partial charge in [0, 0.05) is 10.2 Å². The highest BCUT2D eigenvalue weighted by molar-refractivity contribution is 9.10. The second kappa shape index (κ2) is 15.0. The number of nitrogens with zero attached hydrogens (tertiary/aromatic N) is 1. The number of amides is 3. The molecule has 0 radical (unpaired) electrons. The van der Waals surface area contributed by atoms with Gasteiger partial charge < -0.3 is 24.8 Å². The number of hydrogen-bond donors (Lipinski definition) is 3. The molecule has 40 heavy (non-hydrogen) atoms. The van der Waals surface area contributed by atoms with Crippen LogP contribution < -0.4 is 30.3 Å². The molecule has 3 N–H and O–H groups in total. The van der Waals surface area contributed by atoms with Crippen molar-refractivity contribution in [2.45, 2.75) is 20.8 Å². The quantitative estimate of drug-likeness (QED) is 0.141. The first-order valence-corrected chi connectivity index (χ1v) is 13.8. The molecule has 0 aromatic heterocycles. The van der Waals surface area contributed by atoms with Crippen LogP contribution in [0, 0.1) is 6.92 Å². The average molecular weight is 676 g/mol. The fourth-order valence-corrected chi connectivity index (χ4v) is 4.19. The Bertz CT molecular complexity index is 1410. The van der Waals surface area contributed by atoms with Crippen LogP contribution in [0.1, 0.15) is 25.0 Å². The van der Waals surface area contributed by atoms with E-state index in [1.54, 1.807) is 42.5 Å². The summed E-state index contributed by atoms with van der Waals surface area (Å²) in [5.74, 6) is -1.06. The first kappa shape index (κ1) is 30.6. The number of hydrazone groups is 1. The maximum absolute atomic E-state index is 12.5. The minimum Gasteiger partial charge on any atom is -0.492 e. The van der Waals surface area contributed by atoms with Crippen LogP contribution >= 0.6 is 31.9 Å². The average Bonchev–Trinajstić information content (AvgIpc) is 2.91. The molecule has 0 aliphatic rings. The van der Waals surface area contributed by atoms with Crippen LogP contribution in [-0.4, -0.2) is 43.8 Å². The van der Waals surface area contributed by atoms with Gasteiger partial charge in [-0.2, -0.15) is 5.10 Å². The Labute approximate surface area is 248 Å². The minimum atomic E-state index is -0.960. The van der Waals surface area contributed by atoms with Crippen LogP contribution in [0.5, 0.6) is 17.2 Å². The molecule has 0 aliphatic carbocycles. The maximum Gasteiger partial charge on any atom is 0.329 e. The number of hydrogen-bond acceptors (Lipinski definition) is 7. The van der Waals surface area contributed by atoms with Gasteiger partial charge in [-0.3, -0.25) is 14.4 Å². The topological polar surface area (TPSA) is 127 Å². The molecule has 0 fully saturated rings. The summed E-state index contributed by atoms with van der Waals surface area (Å²) < 4.78 is 18.3. The van der Waals surface area contributed by atoms with E-state index in [0.717, 1.165) is 10.0 Å². The standard InChI is InChI=1S/C28H28Br2N4O6/c1-4-38-23-9-7-6-8-22(23)33-27(36)28(37)34-31-15-18-13-21(30)26(24(14-18)39-5-2)40-16-25(35)32-19-10-11-20(29)17(3)12-19/h6-15H,4-5,16H2,1-3H3,(H,32,35)(H,33,36)(H,34,37)/b31-15-. The number of carbonyl (C=O) groups excluding carboxylic acids is 3. The molecule has 0 aliphatic heterocycles. The van der Waals surface area contributed by atoms with Crippen molar-refractivity contribution in [3.05, 3.63) is 74.7 Å². The van der Waals surface area contributed by atoms with Crippen molar-refractivity contribution in [1.29, 1.82) is 0 Å². The van der Waals surface area contributed by atoms with E-state index in [-0.39, 0.29) is 12.5 Å². The molecular weight excluding hydrogens is 648 g/mol. The Morgan fingerprint density at radius 2 is 1.57 bits per heavy atom. The molecule has 12 heteroatoms. The summed E-state index contributed by atoms with van der Waals surface area (Å²) in [4.78, 5) is 37.0. The Balaban J connectivity index is 1.62. The Kier molecular flexibility index (Phi) is 11.5. The van der Waals surface area contributed by atoms with Crippen LogP contribution in [0.4, 0.5) is 11.4 Å². The van der Waals surface area contributed by atoms with Crippen molar-refractivity contribution in [2.75, 3.05) is 30.5 Å². The van der Waals surface area contributed by atoms with Crippen LogP contribution in [0.2, 0.25) is 0 Å². The fraction of sp³-hybridized carbons (Fsp3) is 0.214. The van der Waals surface area contributed by atoms with E-state index in [1.807, 2.05) is 32.9 Å². The highest BCUT2D eigenvalue weighted by Crippen LogP contribution is 2.36. The monoisotopic (exact) mass is 674 g/mol. The summed E-state index contributed by atoms with van der Waals surface area (Å²) in [5, 5.41) is 9.16. The SMILES string of the molecule is CCOc1ccccc1NC(=O)C(=O)N/N=C\c1cc(Br)c(OCC(=O)Nc2ccc(Br)c(C)c2)c(OCC)c1. The maximum atomic E-state index is 12.5. The zero-order valence-electron chi connectivity index (χ0n) is 22.0. The summed E-state index contributed by atoms with van der Waals surface area (Å²) in [6, 6.07) is 15.6. The molecule has 0 saturated carbocycles. The van der Waals surface area contributed by atoms with E-state index < -0.39 is 11.8 Å². The summed E-state index contributed by atoms with van der Waals surface area (Å²) in [6.45, 7) is 6.05. The molecule has 10 nitrogen and oxygen atoms in total. The van der Waals surface area contributed by atoms with Gasteiger partial charge in [-0.15, -0.1) is 0 Å². The van der Waals surface area contributed by atoms with Crippen LogP contribution in [0.15, 0.2) is 68.6 Å². The van der Waals surface area contributed by atoms with Crippen molar-refractivity contribution in [3.8, 4) is 17.2 Å². The number of ether oxygens (including phenoxy) is 3. The Morgan fingerprint density at radius 1 is 0.850 bits per heavy atom. The van der Waals surface area contributed by atoms with Gasteiger partial charge >= 0.3 is 11.8 Å². The van der Waals surface area contributed by atoms with Gasteiger partial charge in [-0.05, 0) is 90.3 Å². The van der Waals surface area contributed by atoms with Gasteiger partial charge in [0.1, 0.15) is 5.75 Å². The molecule has 0 heterocycles. The number of rotatable bonds is 11. The summed E-state index contributed by atoms with van der Waals surface area (Å²) in [6.07, 6.45) is 1.35. The van der Waals surface area contributed by atoms with Gasteiger partial charge in [0.15, 0.2) is 18.1 Å². The molecule has 3 aromatic carbocycles. The van der Waals surface area contributed by atoms with E-state index >= 15 is 0 Å². The predicted molar refractivity (Wildman–Crippen MR) is 160 cm³/mol. The Hall–Kier alpha value is -3.90. The number of benzene rings is 3. The third-order valence-electron chi connectivity index (χ3n) is 5.14. The number of anilines is 2. The van der Waals surface area contributed by atoms with E-state index in [1.165, 1.54) is 6.21 Å². The molecule has 0 atom stereocenters. The van der Waals surface area contributed by atoms with Crippen molar-refractivity contribution < 1.29 is 28.6 Å². The zero-order chi connectivity index (χ0) is 29.1. The van der Waals surface area contributed by atoms with Crippen LogP contribution in [-0.2, 0) is 14.4 Å². The smallest absolute Gasteiger partial charge is 0.329 e. The predicted octanol–water partition coefficient (Wildman–Crippen LogP) is 5.42. The third-order valence-corrected chi connectivity index (χ3v) is 6.62. The molecule has 210 valence electrons. The van der Waals surface area contributed by atoms with E-state index in [0.29, 0.717) is 51.9 Å². The first-order valence-electron chi connectivity index (χ1n) is 12.2. The number of aryl methyl sites for hydroxylation is 1. The molecule has 0 saturated heterocycles. The first-order chi connectivity index (χ1) is 19.2. The van der Waals surface area contributed by atoms with E-state index in [9.17, 15) is 14.4 Å². The number of para-hydroxylation sites is 2. The van der Waals surface area contributed by atoms with Crippen molar-refractivity contribution in [3.63, 3.8) is 0 Å². The van der Waals surface area contributed by atoms with Gasteiger partial charge in [-0.1, -0.05) is 28.1 Å². The van der Waals surface area contributed by atoms with Gasteiger partial charge in [-0.25, -0.2) is 5.43 Å². The van der Waals surface area contributed by atoms with Gasteiger partial charge in [0.25, 0.3) is 5.91 Å². The lowest BCUT2D eigenvalue weighted by Crippen LogP contribution is -2.32. The third kappa shape index (κ3) is 8.82. The summed E-state index contributed by atoms with van der Waals surface area (Å²) >= 11 is 6.87. The molecule has 3 rings (SSSR count). The number of carbonyl (C=O) groups is 3. The highest BCUT2D eigenvalue weighted by Gasteiger charge is 2.16. The highest BCUT2D eigenvalue weighted by atomic mass is 79.9. The van der Waals surface area contributed by atoms with Gasteiger partial charge in [0.2, 0.25) is 0 Å². The van der Waals surface area contributed by atoms with Crippen LogP contribution in [0.3, 0.4) is 0 Å².